The van der Waals surface area contributed by atoms with Gasteiger partial charge in [0.25, 0.3) is 5.91 Å². The number of benzene rings is 1. The third kappa shape index (κ3) is 3.43. The van der Waals surface area contributed by atoms with Crippen molar-refractivity contribution in [2.45, 2.75) is 55.9 Å². The Labute approximate surface area is 162 Å². The third-order valence-corrected chi connectivity index (χ3v) is 6.49. The predicted octanol–water partition coefficient (Wildman–Crippen LogP) is 1.04. The van der Waals surface area contributed by atoms with Crippen LogP contribution >= 0.6 is 11.8 Å². The van der Waals surface area contributed by atoms with Crippen LogP contribution in [-0.2, 0) is 9.59 Å². The molecule has 146 valence electrons. The lowest BCUT2D eigenvalue weighted by Crippen LogP contribution is -2.57. The summed E-state index contributed by atoms with van der Waals surface area (Å²) in [5.74, 6) is -0.878. The number of hydrogen-bond acceptors (Lipinski definition) is 5. The lowest BCUT2D eigenvalue weighted by Gasteiger charge is -2.30. The number of thioether (sulfide) groups is 1. The van der Waals surface area contributed by atoms with Gasteiger partial charge < -0.3 is 20.6 Å². The second kappa shape index (κ2) is 7.16. The molecule has 0 radical (unpaired) electrons. The number of rotatable bonds is 5. The molecule has 8 heteroatoms. The normalized spacial score (nSPS) is 24.8. The molecule has 0 bridgehead atoms. The Morgan fingerprint density at radius 3 is 2.59 bits per heavy atom. The molecule has 1 aromatic rings. The largest absolute Gasteiger partial charge is 0.394 e. The maximum atomic E-state index is 13.0. The van der Waals surface area contributed by atoms with Gasteiger partial charge in [0, 0.05) is 16.4 Å². The molecule has 2 aliphatic heterocycles. The van der Waals surface area contributed by atoms with E-state index in [1.165, 1.54) is 0 Å². The maximum absolute atomic E-state index is 13.0. The summed E-state index contributed by atoms with van der Waals surface area (Å²) in [5, 5.41) is 14.2. The van der Waals surface area contributed by atoms with E-state index >= 15 is 0 Å². The molecule has 2 aliphatic rings. The fraction of sp³-hybridized carbons (Fsp3) is 0.526. The van der Waals surface area contributed by atoms with Crippen molar-refractivity contribution < 1.29 is 19.5 Å². The number of carbonyl (C=O) groups is 3. The number of amides is 3. The standard InChI is InChI=1S/C19H25N3O4S/c1-10(9-23)20-15(24)11(2)21-16(25)14-19(3,4)27-18-13-8-6-5-7-12(13)17(26)22(14)18/h5-8,10-11,14,18,23H,9H2,1-4H3,(H,20,24)(H,21,25). The highest BCUT2D eigenvalue weighted by molar-refractivity contribution is 8.01. The van der Waals surface area contributed by atoms with Crippen molar-refractivity contribution >= 4 is 29.5 Å². The van der Waals surface area contributed by atoms with Gasteiger partial charge in [-0.25, -0.2) is 0 Å². The van der Waals surface area contributed by atoms with Crippen LogP contribution in [0.3, 0.4) is 0 Å². The minimum absolute atomic E-state index is 0.153. The third-order valence-electron chi connectivity index (χ3n) is 4.96. The number of aliphatic hydroxyl groups is 1. The van der Waals surface area contributed by atoms with Crippen LogP contribution in [0.15, 0.2) is 24.3 Å². The summed E-state index contributed by atoms with van der Waals surface area (Å²) in [7, 11) is 0. The smallest absolute Gasteiger partial charge is 0.256 e. The van der Waals surface area contributed by atoms with Crippen LogP contribution in [0.25, 0.3) is 0 Å². The number of hydrogen-bond donors (Lipinski definition) is 3. The monoisotopic (exact) mass is 391 g/mol. The lowest BCUT2D eigenvalue weighted by atomic mass is 10.0. The van der Waals surface area contributed by atoms with Gasteiger partial charge in [-0.15, -0.1) is 11.8 Å². The van der Waals surface area contributed by atoms with E-state index in [1.54, 1.807) is 36.6 Å². The molecule has 7 nitrogen and oxygen atoms in total. The van der Waals surface area contributed by atoms with E-state index in [0.717, 1.165) is 5.56 Å². The first kappa shape index (κ1) is 19.7. The Bertz CT molecular complexity index is 782. The van der Waals surface area contributed by atoms with Crippen LogP contribution in [0, 0.1) is 0 Å². The maximum Gasteiger partial charge on any atom is 0.256 e. The first-order valence-electron chi connectivity index (χ1n) is 8.98. The summed E-state index contributed by atoms with van der Waals surface area (Å²) in [5.41, 5.74) is 1.56. The topological polar surface area (TPSA) is 98.7 Å². The molecule has 3 amide bonds. The second-order valence-electron chi connectivity index (χ2n) is 7.60. The van der Waals surface area contributed by atoms with Gasteiger partial charge in [0.05, 0.1) is 6.61 Å². The van der Waals surface area contributed by atoms with Gasteiger partial charge in [-0.2, -0.15) is 0 Å². The minimum Gasteiger partial charge on any atom is -0.394 e. The Balaban J connectivity index is 1.79. The van der Waals surface area contributed by atoms with Gasteiger partial charge in [0.1, 0.15) is 17.5 Å². The number of nitrogens with zero attached hydrogens (tertiary/aromatic N) is 1. The van der Waals surface area contributed by atoms with E-state index < -0.39 is 22.9 Å². The van der Waals surface area contributed by atoms with Crippen molar-refractivity contribution in [3.8, 4) is 0 Å². The Morgan fingerprint density at radius 1 is 1.26 bits per heavy atom. The average molecular weight is 391 g/mol. The molecule has 0 aliphatic carbocycles. The Hall–Kier alpha value is -2.06. The van der Waals surface area contributed by atoms with Crippen LogP contribution < -0.4 is 10.6 Å². The Morgan fingerprint density at radius 2 is 1.93 bits per heavy atom. The molecule has 27 heavy (non-hydrogen) atoms. The first-order chi connectivity index (χ1) is 12.7. The van der Waals surface area contributed by atoms with E-state index in [0.29, 0.717) is 5.56 Å². The molecule has 0 spiro atoms. The molecular weight excluding hydrogens is 366 g/mol. The number of fused-ring (bicyclic) bond motifs is 3. The number of carbonyl (C=O) groups excluding carboxylic acids is 3. The van der Waals surface area contributed by atoms with Crippen molar-refractivity contribution in [1.82, 2.24) is 15.5 Å². The van der Waals surface area contributed by atoms with Crippen molar-refractivity contribution in [2.75, 3.05) is 6.61 Å². The van der Waals surface area contributed by atoms with Gasteiger partial charge in [0.2, 0.25) is 11.8 Å². The van der Waals surface area contributed by atoms with Crippen LogP contribution in [0.5, 0.6) is 0 Å². The van der Waals surface area contributed by atoms with Gasteiger partial charge in [-0.3, -0.25) is 14.4 Å². The SMILES string of the molecule is CC(CO)NC(=O)C(C)NC(=O)C1N2C(=O)c3ccccc3C2SC1(C)C. The van der Waals surface area contributed by atoms with E-state index in [4.69, 9.17) is 5.11 Å². The summed E-state index contributed by atoms with van der Waals surface area (Å²) in [6.07, 6.45) is 0. The molecule has 1 saturated heterocycles. The van der Waals surface area contributed by atoms with Crippen LogP contribution in [0.4, 0.5) is 0 Å². The van der Waals surface area contributed by atoms with Gasteiger partial charge in [0.15, 0.2) is 0 Å². The van der Waals surface area contributed by atoms with Crippen molar-refractivity contribution in [3.05, 3.63) is 35.4 Å². The molecule has 4 unspecified atom stereocenters. The molecule has 3 N–H and O–H groups in total. The quantitative estimate of drug-likeness (QED) is 0.697. The van der Waals surface area contributed by atoms with Crippen molar-refractivity contribution in [3.63, 3.8) is 0 Å². The highest BCUT2D eigenvalue weighted by Gasteiger charge is 2.57. The highest BCUT2D eigenvalue weighted by atomic mass is 32.2. The number of nitrogens with one attached hydrogen (secondary N) is 2. The van der Waals surface area contributed by atoms with Crippen LogP contribution in [-0.4, -0.2) is 57.2 Å². The number of aliphatic hydroxyl groups excluding tert-OH is 1. The first-order valence-corrected chi connectivity index (χ1v) is 9.86. The van der Waals surface area contributed by atoms with Crippen LogP contribution in [0.1, 0.15) is 49.0 Å². The van der Waals surface area contributed by atoms with Crippen molar-refractivity contribution in [1.29, 1.82) is 0 Å². The fourth-order valence-corrected chi connectivity index (χ4v) is 5.16. The molecule has 1 fully saturated rings. The van der Waals surface area contributed by atoms with E-state index in [1.807, 2.05) is 32.0 Å². The van der Waals surface area contributed by atoms with Crippen molar-refractivity contribution in [2.24, 2.45) is 0 Å². The molecule has 4 atom stereocenters. The van der Waals surface area contributed by atoms with Gasteiger partial charge in [-0.05, 0) is 39.3 Å². The summed E-state index contributed by atoms with van der Waals surface area (Å²) in [6.45, 7) is 6.96. The molecule has 0 aromatic heterocycles. The second-order valence-corrected chi connectivity index (χ2v) is 9.33. The average Bonchev–Trinajstić information content (AvgIpc) is 3.04. The van der Waals surface area contributed by atoms with Gasteiger partial charge in [-0.1, -0.05) is 18.2 Å². The highest BCUT2D eigenvalue weighted by Crippen LogP contribution is 2.56. The molecular formula is C19H25N3O4S. The lowest BCUT2D eigenvalue weighted by molar-refractivity contribution is -0.131. The summed E-state index contributed by atoms with van der Waals surface area (Å²) in [6, 6.07) is 5.57. The fourth-order valence-electron chi connectivity index (χ4n) is 3.58. The van der Waals surface area contributed by atoms with E-state index in [-0.39, 0.29) is 29.7 Å². The molecule has 1 aromatic carbocycles. The summed E-state index contributed by atoms with van der Waals surface area (Å²) < 4.78 is -0.494. The van der Waals surface area contributed by atoms with E-state index in [2.05, 4.69) is 10.6 Å². The summed E-state index contributed by atoms with van der Waals surface area (Å²) >= 11 is 1.58. The zero-order valence-electron chi connectivity index (χ0n) is 15.9. The summed E-state index contributed by atoms with van der Waals surface area (Å²) in [4.78, 5) is 39.7. The minimum atomic E-state index is -0.772. The van der Waals surface area contributed by atoms with Crippen LogP contribution in [0.2, 0.25) is 0 Å². The molecule has 2 heterocycles. The zero-order chi connectivity index (χ0) is 19.9. The van der Waals surface area contributed by atoms with Gasteiger partial charge >= 0.3 is 0 Å². The predicted molar refractivity (Wildman–Crippen MR) is 103 cm³/mol. The molecule has 3 rings (SSSR count). The van der Waals surface area contributed by atoms with E-state index in [9.17, 15) is 14.4 Å². The Kier molecular flexibility index (Phi) is 5.22. The zero-order valence-corrected chi connectivity index (χ0v) is 16.7. The molecule has 0 saturated carbocycles.